The topological polar surface area (TPSA) is 22.9 Å². The van der Waals surface area contributed by atoms with Crippen LogP contribution in [-0.4, -0.2) is 6.71 Å². The highest BCUT2D eigenvalue weighted by atomic mass is 16.3. The van der Waals surface area contributed by atoms with Gasteiger partial charge in [-0.15, -0.1) is 0 Å². The number of fused-ring (bicyclic) bond motifs is 6. The molecule has 1 aliphatic carbocycles. The van der Waals surface area contributed by atoms with E-state index in [4.69, 9.17) is 4.42 Å². The Hall–Kier alpha value is -7.24. The first kappa shape index (κ1) is 35.7. The quantitative estimate of drug-likeness (QED) is 0.150. The average molecular weight is 786 g/mol. The third kappa shape index (κ3) is 5.98. The Bertz CT molecular complexity index is 2990. The summed E-state index contributed by atoms with van der Waals surface area (Å²) >= 11 is 0. The lowest BCUT2D eigenvalue weighted by Gasteiger charge is -2.43. The molecule has 8 aromatic carbocycles. The summed E-state index contributed by atoms with van der Waals surface area (Å²) in [6.45, 7) is -0.132. The Balaban J connectivity index is 1.16. The number of anilines is 9. The van der Waals surface area contributed by atoms with E-state index in [1.165, 1.54) is 71.1 Å². The predicted octanol–water partition coefficient (Wildman–Crippen LogP) is 13.7. The van der Waals surface area contributed by atoms with Crippen LogP contribution in [0.3, 0.4) is 0 Å². The van der Waals surface area contributed by atoms with E-state index in [1.54, 1.807) is 0 Å². The molecule has 0 atom stereocenters. The fourth-order valence-electron chi connectivity index (χ4n) is 10.4. The van der Waals surface area contributed by atoms with Crippen molar-refractivity contribution in [2.45, 2.75) is 38.0 Å². The number of benzene rings is 8. The van der Waals surface area contributed by atoms with E-state index in [0.717, 1.165) is 56.4 Å². The van der Waals surface area contributed by atoms with Crippen molar-refractivity contribution in [3.63, 3.8) is 0 Å². The maximum Gasteiger partial charge on any atom is 0.297 e. The molecular weight excluding hydrogens is 741 g/mol. The van der Waals surface area contributed by atoms with Crippen molar-refractivity contribution in [3.05, 3.63) is 206 Å². The van der Waals surface area contributed by atoms with Crippen molar-refractivity contribution in [2.24, 2.45) is 0 Å². The van der Waals surface area contributed by atoms with Gasteiger partial charge < -0.3 is 19.1 Å². The van der Waals surface area contributed by atoms with Gasteiger partial charge in [-0.05, 0) is 131 Å². The van der Waals surface area contributed by atoms with E-state index in [1.807, 2.05) is 0 Å². The molecule has 1 fully saturated rings. The lowest BCUT2D eigenvalue weighted by atomic mass is 9.35. The van der Waals surface area contributed by atoms with Gasteiger partial charge in [0.15, 0.2) is 0 Å². The smallest absolute Gasteiger partial charge is 0.297 e. The summed E-state index contributed by atoms with van der Waals surface area (Å²) in [5, 5.41) is 1.13. The van der Waals surface area contributed by atoms with E-state index in [0.29, 0.717) is 5.92 Å². The lowest BCUT2D eigenvalue weighted by molar-refractivity contribution is 0.444. The van der Waals surface area contributed by atoms with E-state index in [9.17, 15) is 0 Å². The number of furan rings is 1. The van der Waals surface area contributed by atoms with Crippen LogP contribution < -0.4 is 31.3 Å². The van der Waals surface area contributed by atoms with E-state index < -0.39 is 0 Å². The minimum atomic E-state index is -0.132. The summed E-state index contributed by atoms with van der Waals surface area (Å²) in [5.74, 6) is 0.491. The molecule has 1 aromatic heterocycles. The molecule has 61 heavy (non-hydrogen) atoms. The minimum Gasteiger partial charge on any atom is -0.468 e. The Morgan fingerprint density at radius 3 is 1.80 bits per heavy atom. The van der Waals surface area contributed by atoms with E-state index in [2.05, 4.69) is 215 Å². The van der Waals surface area contributed by atoms with E-state index >= 15 is 0 Å². The molecule has 3 heterocycles. The summed E-state index contributed by atoms with van der Waals surface area (Å²) in [6, 6.07) is 73.1. The van der Waals surface area contributed by atoms with Crippen molar-refractivity contribution < 1.29 is 4.42 Å². The highest BCUT2D eigenvalue weighted by Gasteiger charge is 2.47. The molecule has 0 unspecified atom stereocenters. The van der Waals surface area contributed by atoms with Gasteiger partial charge in [-0.2, -0.15) is 0 Å². The third-order valence-electron chi connectivity index (χ3n) is 13.2. The van der Waals surface area contributed by atoms with Crippen molar-refractivity contribution in [1.29, 1.82) is 0 Å². The molecule has 0 N–H and O–H groups in total. The Labute approximate surface area is 358 Å². The Morgan fingerprint density at radius 2 is 1.08 bits per heavy atom. The SMILES string of the molecule is c1ccc(-c2cccc(N3c4cc(C5CCCCC5)cc5c4B(c4ccc(N(c6ccccc6)c6ccccc6)cc4N5c4ccccc4)c4oc5ccccc5c43)c2)cc1. The lowest BCUT2D eigenvalue weighted by Crippen LogP contribution is -2.61. The maximum absolute atomic E-state index is 7.20. The molecule has 0 radical (unpaired) electrons. The number of hydrogen-bond donors (Lipinski definition) is 0. The molecule has 4 nitrogen and oxygen atoms in total. The van der Waals surface area contributed by atoms with E-state index in [-0.39, 0.29) is 6.71 Å². The van der Waals surface area contributed by atoms with Crippen LogP contribution in [0.2, 0.25) is 0 Å². The first-order chi connectivity index (χ1) is 30.3. The van der Waals surface area contributed by atoms with Crippen LogP contribution >= 0.6 is 0 Å². The summed E-state index contributed by atoms with van der Waals surface area (Å²) in [5.41, 5.74) is 18.6. The molecule has 2 aliphatic heterocycles. The fraction of sp³-hybridized carbons (Fsp3) is 0.107. The highest BCUT2D eigenvalue weighted by Crippen LogP contribution is 2.50. The molecule has 5 heteroatoms. The van der Waals surface area contributed by atoms with Gasteiger partial charge in [0.05, 0.1) is 11.3 Å². The van der Waals surface area contributed by atoms with Crippen LogP contribution in [-0.2, 0) is 0 Å². The molecule has 9 aromatic rings. The predicted molar refractivity (Wildman–Crippen MR) is 256 cm³/mol. The molecule has 3 aliphatic rings. The zero-order valence-electron chi connectivity index (χ0n) is 34.0. The number of nitrogens with zero attached hydrogens (tertiary/aromatic N) is 3. The summed E-state index contributed by atoms with van der Waals surface area (Å²) in [7, 11) is 0. The molecule has 0 amide bonds. The number of hydrogen-bond acceptors (Lipinski definition) is 4. The first-order valence-corrected chi connectivity index (χ1v) is 21.8. The van der Waals surface area contributed by atoms with Crippen LogP contribution in [0.1, 0.15) is 43.6 Å². The van der Waals surface area contributed by atoms with Crippen LogP contribution in [0, 0.1) is 0 Å². The Kier molecular flexibility index (Phi) is 8.65. The monoisotopic (exact) mass is 785 g/mol. The normalized spacial score (nSPS) is 14.4. The molecule has 0 spiro atoms. The van der Waals surface area contributed by atoms with Crippen LogP contribution in [0.15, 0.2) is 205 Å². The number of rotatable bonds is 7. The van der Waals surface area contributed by atoms with Gasteiger partial charge >= 0.3 is 0 Å². The summed E-state index contributed by atoms with van der Waals surface area (Å²) in [4.78, 5) is 7.45. The molecule has 1 saturated carbocycles. The molecule has 12 rings (SSSR count). The first-order valence-electron chi connectivity index (χ1n) is 21.8. The van der Waals surface area contributed by atoms with Crippen molar-refractivity contribution in [2.75, 3.05) is 14.7 Å². The largest absolute Gasteiger partial charge is 0.468 e. The fourth-order valence-corrected chi connectivity index (χ4v) is 10.4. The van der Waals surface area contributed by atoms with Crippen molar-refractivity contribution in [3.8, 4) is 11.1 Å². The highest BCUT2D eigenvalue weighted by molar-refractivity contribution is 7.00. The van der Waals surface area contributed by atoms with Gasteiger partial charge in [0.2, 0.25) is 0 Å². The summed E-state index contributed by atoms with van der Waals surface area (Å²) in [6.07, 6.45) is 6.26. The van der Waals surface area contributed by atoms with Crippen LogP contribution in [0.25, 0.3) is 22.1 Å². The third-order valence-corrected chi connectivity index (χ3v) is 13.2. The molecular formula is C56H44BN3O. The van der Waals surface area contributed by atoms with Crippen LogP contribution in [0.4, 0.5) is 51.2 Å². The standard InChI is InChI=1S/C56H44BN3O/c1-6-19-39(20-7-1)41-23-18-30-46(35-41)60-52-37-42(40-21-8-2-9-22-40)36-51-54(52)57(56-55(60)48-31-16-17-32-53(48)61-56)49-34-33-47(38-50(49)59(51)45-28-14-5-15-29-45)58(43-24-10-3-11-25-43)44-26-12-4-13-27-44/h1,3-7,10-20,23-38,40H,2,8-9,21-22H2. The van der Waals surface area contributed by atoms with Crippen molar-refractivity contribution in [1.82, 2.24) is 0 Å². The second kappa shape index (κ2) is 14.8. The molecule has 0 bridgehead atoms. The zero-order valence-corrected chi connectivity index (χ0v) is 34.0. The summed E-state index contributed by atoms with van der Waals surface area (Å²) < 4.78 is 7.20. The number of para-hydroxylation sites is 4. The molecule has 0 saturated heterocycles. The average Bonchev–Trinajstić information content (AvgIpc) is 3.72. The van der Waals surface area contributed by atoms with Gasteiger partial charge in [-0.3, -0.25) is 0 Å². The van der Waals surface area contributed by atoms with Crippen LogP contribution in [0.5, 0.6) is 0 Å². The zero-order chi connectivity index (χ0) is 40.3. The van der Waals surface area contributed by atoms with Gasteiger partial charge in [-0.1, -0.05) is 135 Å². The molecule has 292 valence electrons. The second-order valence-electron chi connectivity index (χ2n) is 16.7. The van der Waals surface area contributed by atoms with Gasteiger partial charge in [-0.25, -0.2) is 0 Å². The second-order valence-corrected chi connectivity index (χ2v) is 16.7. The Morgan fingerprint density at radius 1 is 0.475 bits per heavy atom. The minimum absolute atomic E-state index is 0.132. The maximum atomic E-state index is 7.20. The van der Waals surface area contributed by atoms with Gasteiger partial charge in [0, 0.05) is 50.9 Å². The van der Waals surface area contributed by atoms with Gasteiger partial charge in [0.1, 0.15) is 5.58 Å². The van der Waals surface area contributed by atoms with Crippen molar-refractivity contribution >= 4 is 85.5 Å². The van der Waals surface area contributed by atoms with Gasteiger partial charge in [0.25, 0.3) is 6.71 Å².